The summed E-state index contributed by atoms with van der Waals surface area (Å²) in [6.07, 6.45) is 26.4. The second-order valence-electron chi connectivity index (χ2n) is 12.7. The number of hydrogen-bond acceptors (Lipinski definition) is 6. The second kappa shape index (κ2) is 31.3. The topological polar surface area (TPSA) is 124 Å². The Morgan fingerprint density at radius 1 is 0.545 bits per heavy atom. The van der Waals surface area contributed by atoms with Gasteiger partial charge in [-0.2, -0.15) is 0 Å². The summed E-state index contributed by atoms with van der Waals surface area (Å²) >= 11 is 0. The van der Waals surface area contributed by atoms with E-state index in [1.54, 1.807) is 0 Å². The van der Waals surface area contributed by atoms with Crippen LogP contribution in [0.5, 0.6) is 0 Å². The van der Waals surface area contributed by atoms with Gasteiger partial charge in [-0.1, -0.05) is 117 Å². The maximum absolute atomic E-state index is 12.6. The molecule has 0 saturated heterocycles. The van der Waals surface area contributed by atoms with Crippen molar-refractivity contribution in [1.29, 1.82) is 0 Å². The van der Waals surface area contributed by atoms with Crippen molar-refractivity contribution < 1.29 is 34.4 Å². The highest BCUT2D eigenvalue weighted by Gasteiger charge is 2.24. The van der Waals surface area contributed by atoms with E-state index in [0.717, 1.165) is 90.1 Å². The molecule has 0 amide bonds. The number of unbranched alkanes of at least 4 members (excludes halogenated alkanes) is 17. The number of aliphatic hydroxyl groups is 1. The Morgan fingerprint density at radius 3 is 1.41 bits per heavy atom. The van der Waals surface area contributed by atoms with Crippen molar-refractivity contribution in [3.8, 4) is 0 Å². The van der Waals surface area contributed by atoms with Crippen LogP contribution < -0.4 is 0 Å². The lowest BCUT2D eigenvalue weighted by Crippen LogP contribution is -2.29. The lowest BCUT2D eigenvalue weighted by atomic mass is 10.0. The van der Waals surface area contributed by atoms with Gasteiger partial charge < -0.3 is 25.0 Å². The van der Waals surface area contributed by atoms with Crippen LogP contribution in [0, 0.1) is 5.92 Å². The van der Waals surface area contributed by atoms with E-state index in [1.165, 1.54) is 64.2 Å². The number of nitrogens with zero attached hydrogens (tertiary/aromatic N) is 1. The smallest absolute Gasteiger partial charge is 0.317 e. The number of aliphatic carboxylic acids is 2. The predicted octanol–water partition coefficient (Wildman–Crippen LogP) is 8.77. The Bertz CT molecular complexity index is 657. The Labute approximate surface area is 269 Å². The van der Waals surface area contributed by atoms with Crippen molar-refractivity contribution in [2.75, 3.05) is 26.2 Å². The first-order chi connectivity index (χ1) is 21.3. The highest BCUT2D eigenvalue weighted by atomic mass is 16.5. The fraction of sp³-hybridized carbons (Fsp3) is 0.917. The zero-order chi connectivity index (χ0) is 32.7. The number of aliphatic hydroxyl groups excluding tert-OH is 1. The number of carboxylic acids is 2. The number of carbonyl (C=O) groups excluding carboxylic acids is 1. The van der Waals surface area contributed by atoms with Gasteiger partial charge >= 0.3 is 17.9 Å². The number of rotatable bonds is 34. The van der Waals surface area contributed by atoms with Crippen LogP contribution in [-0.4, -0.2) is 70.5 Å². The van der Waals surface area contributed by atoms with Gasteiger partial charge in [0.05, 0.1) is 6.61 Å². The third-order valence-corrected chi connectivity index (χ3v) is 8.64. The molecule has 0 unspecified atom stereocenters. The van der Waals surface area contributed by atoms with E-state index < -0.39 is 17.9 Å². The molecule has 0 rings (SSSR count). The Balaban J connectivity index is 4.12. The molecule has 0 aliphatic rings. The molecule has 0 bridgehead atoms. The predicted molar refractivity (Wildman–Crippen MR) is 179 cm³/mol. The zero-order valence-electron chi connectivity index (χ0n) is 28.6. The molecule has 8 heteroatoms. The van der Waals surface area contributed by atoms with Gasteiger partial charge in [0, 0.05) is 13.0 Å². The molecule has 0 aromatic rings. The molecule has 0 aliphatic carbocycles. The van der Waals surface area contributed by atoms with Crippen molar-refractivity contribution in [3.63, 3.8) is 0 Å². The van der Waals surface area contributed by atoms with E-state index in [0.29, 0.717) is 19.4 Å². The molecular formula is C36H69NO7. The van der Waals surface area contributed by atoms with Crippen LogP contribution in [0.15, 0.2) is 0 Å². The number of hydrogen-bond donors (Lipinski definition) is 3. The summed E-state index contributed by atoms with van der Waals surface area (Å²) in [5, 5.41) is 27.3. The molecule has 8 nitrogen and oxygen atoms in total. The Kier molecular flexibility index (Phi) is 30.1. The number of carbonyl (C=O) groups is 3. The van der Waals surface area contributed by atoms with Gasteiger partial charge in [0.1, 0.15) is 6.10 Å². The summed E-state index contributed by atoms with van der Waals surface area (Å²) < 4.78 is 5.97. The fourth-order valence-corrected chi connectivity index (χ4v) is 5.81. The summed E-state index contributed by atoms with van der Waals surface area (Å²) in [6.45, 7) is 7.07. The largest absolute Gasteiger partial charge is 0.481 e. The van der Waals surface area contributed by atoms with Crippen molar-refractivity contribution in [2.24, 2.45) is 5.92 Å². The minimum Gasteiger partial charge on any atom is -0.481 e. The molecule has 0 radical (unpaired) electrons. The molecule has 0 spiro atoms. The van der Waals surface area contributed by atoms with Gasteiger partial charge in [0.25, 0.3) is 0 Å². The van der Waals surface area contributed by atoms with Gasteiger partial charge in [-0.05, 0) is 64.5 Å². The van der Waals surface area contributed by atoms with Crippen LogP contribution in [0.1, 0.15) is 174 Å². The average molecular weight is 628 g/mol. The molecule has 0 fully saturated rings. The van der Waals surface area contributed by atoms with Gasteiger partial charge in [0.15, 0.2) is 5.92 Å². The van der Waals surface area contributed by atoms with E-state index >= 15 is 0 Å². The highest BCUT2D eigenvalue weighted by molar-refractivity contribution is 5.92. The van der Waals surface area contributed by atoms with Crippen LogP contribution >= 0.6 is 0 Å². The monoisotopic (exact) mass is 628 g/mol. The number of carboxylic acid groups (broad SMARTS) is 2. The summed E-state index contributed by atoms with van der Waals surface area (Å²) in [5.41, 5.74) is 0. The first kappa shape index (κ1) is 42.3. The van der Waals surface area contributed by atoms with E-state index in [1.807, 2.05) is 0 Å². The standard InChI is InChI=1S/C36H69NO7/c1-3-5-7-9-12-18-24-32(25-19-13-10-8-6-4-2)44-34(39)27-21-14-11-16-22-28-37(30-31-38)29-23-17-15-20-26-33(35(40)41)36(42)43/h32-33,38H,3-31H2,1-2H3,(H,40,41)(H,42,43). The van der Waals surface area contributed by atoms with Crippen molar-refractivity contribution in [1.82, 2.24) is 4.90 Å². The van der Waals surface area contributed by atoms with E-state index in [-0.39, 0.29) is 25.1 Å². The van der Waals surface area contributed by atoms with E-state index in [9.17, 15) is 19.5 Å². The Hall–Kier alpha value is -1.67. The van der Waals surface area contributed by atoms with Crippen LogP contribution in [-0.2, 0) is 19.1 Å². The second-order valence-corrected chi connectivity index (χ2v) is 12.7. The van der Waals surface area contributed by atoms with Crippen LogP contribution in [0.3, 0.4) is 0 Å². The van der Waals surface area contributed by atoms with Crippen molar-refractivity contribution in [3.05, 3.63) is 0 Å². The maximum atomic E-state index is 12.6. The summed E-state index contributed by atoms with van der Waals surface area (Å²) in [5.74, 6) is -3.87. The summed E-state index contributed by atoms with van der Waals surface area (Å²) in [6, 6.07) is 0. The molecule has 0 saturated carbocycles. The minimum atomic E-state index is -1.31. The summed E-state index contributed by atoms with van der Waals surface area (Å²) in [4.78, 5) is 36.8. The lowest BCUT2D eigenvalue weighted by molar-refractivity contribution is -0.155. The number of ether oxygens (including phenoxy) is 1. The van der Waals surface area contributed by atoms with Gasteiger partial charge in [-0.15, -0.1) is 0 Å². The van der Waals surface area contributed by atoms with E-state index in [2.05, 4.69) is 18.7 Å². The SMILES string of the molecule is CCCCCCCCC(CCCCCCCC)OC(=O)CCCCCCCN(CCO)CCCCCCC(C(=O)O)C(=O)O. The number of esters is 1. The van der Waals surface area contributed by atoms with Crippen LogP contribution in [0.2, 0.25) is 0 Å². The molecule has 0 heterocycles. The zero-order valence-corrected chi connectivity index (χ0v) is 28.6. The first-order valence-corrected chi connectivity index (χ1v) is 18.3. The van der Waals surface area contributed by atoms with Gasteiger partial charge in [-0.3, -0.25) is 14.4 Å². The minimum absolute atomic E-state index is 0.0254. The maximum Gasteiger partial charge on any atom is 0.317 e. The normalized spacial score (nSPS) is 11.6. The third kappa shape index (κ3) is 26.7. The fourth-order valence-electron chi connectivity index (χ4n) is 5.81. The molecule has 260 valence electrons. The first-order valence-electron chi connectivity index (χ1n) is 18.3. The average Bonchev–Trinajstić information content (AvgIpc) is 2.98. The lowest BCUT2D eigenvalue weighted by Gasteiger charge is -2.21. The molecule has 44 heavy (non-hydrogen) atoms. The molecule has 0 aromatic heterocycles. The highest BCUT2D eigenvalue weighted by Crippen LogP contribution is 2.18. The van der Waals surface area contributed by atoms with Crippen LogP contribution in [0.4, 0.5) is 0 Å². The van der Waals surface area contributed by atoms with E-state index in [4.69, 9.17) is 14.9 Å². The summed E-state index contributed by atoms with van der Waals surface area (Å²) in [7, 11) is 0. The quantitative estimate of drug-likeness (QED) is 0.0367. The third-order valence-electron chi connectivity index (χ3n) is 8.64. The molecular weight excluding hydrogens is 558 g/mol. The van der Waals surface area contributed by atoms with Crippen molar-refractivity contribution in [2.45, 2.75) is 180 Å². The van der Waals surface area contributed by atoms with Crippen LogP contribution in [0.25, 0.3) is 0 Å². The molecule has 0 aliphatic heterocycles. The molecule has 3 N–H and O–H groups in total. The van der Waals surface area contributed by atoms with Gasteiger partial charge in [0.2, 0.25) is 0 Å². The molecule has 0 atom stereocenters. The molecule has 0 aromatic carbocycles. The van der Waals surface area contributed by atoms with Gasteiger partial charge in [-0.25, -0.2) is 0 Å². The Morgan fingerprint density at radius 2 is 0.955 bits per heavy atom. The van der Waals surface area contributed by atoms with Crippen molar-refractivity contribution >= 4 is 17.9 Å².